The summed E-state index contributed by atoms with van der Waals surface area (Å²) < 4.78 is 6.16. The summed E-state index contributed by atoms with van der Waals surface area (Å²) in [5.74, 6) is 0.551. The van der Waals surface area contributed by atoms with E-state index in [2.05, 4.69) is 15.4 Å². The summed E-state index contributed by atoms with van der Waals surface area (Å²) in [7, 11) is 1.47. The van der Waals surface area contributed by atoms with Gasteiger partial charge in [-0.2, -0.15) is 9.67 Å². The molecule has 0 aliphatic rings. The summed E-state index contributed by atoms with van der Waals surface area (Å²) >= 11 is 5.90. The van der Waals surface area contributed by atoms with Crippen molar-refractivity contribution in [1.29, 1.82) is 0 Å². The van der Waals surface area contributed by atoms with E-state index in [1.54, 1.807) is 0 Å². The topological polar surface area (TPSA) is 69.0 Å². The molecule has 7 heteroatoms. The lowest BCUT2D eigenvalue weighted by molar-refractivity contribution is 0.0748. The minimum atomic E-state index is -0.296. The van der Waals surface area contributed by atoms with E-state index in [0.29, 0.717) is 23.3 Å². The highest BCUT2D eigenvalue weighted by Crippen LogP contribution is 2.18. The van der Waals surface area contributed by atoms with Gasteiger partial charge in [0, 0.05) is 24.2 Å². The van der Waals surface area contributed by atoms with Crippen LogP contribution < -0.4 is 5.32 Å². The molecule has 128 valence electrons. The van der Waals surface area contributed by atoms with Crippen molar-refractivity contribution < 1.29 is 9.53 Å². The van der Waals surface area contributed by atoms with Crippen LogP contribution in [-0.4, -0.2) is 34.4 Å². The van der Waals surface area contributed by atoms with E-state index in [9.17, 15) is 4.79 Å². The standard InChI is InChI=1S/C18H17ClN4O2/c1-25-12-16(24)23-18(20-11-13-7-9-15(19)10-8-13)21-17(22-23)14-5-3-2-4-6-14/h2-10H,11-12H2,1H3,(H,20,21,22). The summed E-state index contributed by atoms with van der Waals surface area (Å²) in [4.78, 5) is 16.7. The molecule has 0 bridgehead atoms. The highest BCUT2D eigenvalue weighted by molar-refractivity contribution is 6.30. The van der Waals surface area contributed by atoms with Gasteiger partial charge in [-0.25, -0.2) is 0 Å². The Kier molecular flexibility index (Phi) is 5.42. The number of ether oxygens (including phenoxy) is 1. The molecule has 0 saturated heterocycles. The van der Waals surface area contributed by atoms with Gasteiger partial charge in [0.05, 0.1) is 0 Å². The number of carbonyl (C=O) groups excluding carboxylic acids is 1. The summed E-state index contributed by atoms with van der Waals surface area (Å²) in [5, 5.41) is 8.14. The van der Waals surface area contributed by atoms with Gasteiger partial charge in [-0.1, -0.05) is 54.1 Å². The smallest absolute Gasteiger partial charge is 0.276 e. The lowest BCUT2D eigenvalue weighted by atomic mass is 10.2. The van der Waals surface area contributed by atoms with Crippen LogP contribution in [0.1, 0.15) is 10.4 Å². The molecule has 0 fully saturated rings. The van der Waals surface area contributed by atoms with Crippen LogP contribution in [0.25, 0.3) is 11.4 Å². The number of aromatic nitrogens is 3. The average molecular weight is 357 g/mol. The van der Waals surface area contributed by atoms with Gasteiger partial charge in [0.25, 0.3) is 5.91 Å². The van der Waals surface area contributed by atoms with Crippen LogP contribution in [-0.2, 0) is 11.3 Å². The maximum Gasteiger partial charge on any atom is 0.276 e. The monoisotopic (exact) mass is 356 g/mol. The first-order valence-electron chi connectivity index (χ1n) is 7.70. The van der Waals surface area contributed by atoms with E-state index >= 15 is 0 Å². The van der Waals surface area contributed by atoms with E-state index < -0.39 is 0 Å². The van der Waals surface area contributed by atoms with Gasteiger partial charge < -0.3 is 10.1 Å². The Balaban J connectivity index is 1.86. The van der Waals surface area contributed by atoms with Crippen molar-refractivity contribution in [2.75, 3.05) is 19.0 Å². The Bertz CT molecular complexity index is 847. The number of anilines is 1. The normalized spacial score (nSPS) is 10.6. The van der Waals surface area contributed by atoms with Gasteiger partial charge >= 0.3 is 0 Å². The lowest BCUT2D eigenvalue weighted by Crippen LogP contribution is -2.20. The van der Waals surface area contributed by atoms with Crippen molar-refractivity contribution in [3.05, 3.63) is 65.2 Å². The maximum atomic E-state index is 12.2. The third-order valence-corrected chi connectivity index (χ3v) is 3.76. The van der Waals surface area contributed by atoms with Crippen molar-refractivity contribution in [2.24, 2.45) is 0 Å². The largest absolute Gasteiger partial charge is 0.375 e. The molecule has 1 N–H and O–H groups in total. The number of rotatable bonds is 6. The van der Waals surface area contributed by atoms with E-state index in [1.807, 2.05) is 54.6 Å². The molecule has 0 amide bonds. The van der Waals surface area contributed by atoms with Crippen molar-refractivity contribution in [1.82, 2.24) is 14.8 Å². The molecule has 0 unspecified atom stereocenters. The first-order chi connectivity index (χ1) is 12.2. The van der Waals surface area contributed by atoms with Gasteiger partial charge in [-0.15, -0.1) is 5.10 Å². The number of nitrogens with one attached hydrogen (secondary N) is 1. The van der Waals surface area contributed by atoms with Gasteiger partial charge in [0.2, 0.25) is 5.95 Å². The zero-order chi connectivity index (χ0) is 17.6. The number of halogens is 1. The van der Waals surface area contributed by atoms with Crippen LogP contribution in [0.5, 0.6) is 0 Å². The SMILES string of the molecule is COCC(=O)n1nc(-c2ccccc2)nc1NCc1ccc(Cl)cc1. The van der Waals surface area contributed by atoms with E-state index in [1.165, 1.54) is 11.8 Å². The van der Waals surface area contributed by atoms with Gasteiger partial charge in [-0.3, -0.25) is 4.79 Å². The zero-order valence-corrected chi connectivity index (χ0v) is 14.4. The number of benzene rings is 2. The third-order valence-electron chi connectivity index (χ3n) is 3.51. The molecule has 0 saturated carbocycles. The maximum absolute atomic E-state index is 12.2. The predicted molar refractivity (Wildman–Crippen MR) is 96.7 cm³/mol. The van der Waals surface area contributed by atoms with Gasteiger partial charge in [0.15, 0.2) is 5.82 Å². The van der Waals surface area contributed by atoms with Gasteiger partial charge in [-0.05, 0) is 17.7 Å². The molecule has 0 aliphatic carbocycles. The van der Waals surface area contributed by atoms with Crippen LogP contribution in [0.4, 0.5) is 5.95 Å². The van der Waals surface area contributed by atoms with Crippen molar-refractivity contribution in [2.45, 2.75) is 6.54 Å². The second-order valence-electron chi connectivity index (χ2n) is 5.34. The molecule has 0 radical (unpaired) electrons. The number of carbonyl (C=O) groups is 1. The third kappa shape index (κ3) is 4.23. The molecule has 1 heterocycles. The summed E-state index contributed by atoms with van der Waals surface area (Å²) in [6.45, 7) is 0.414. The van der Waals surface area contributed by atoms with Crippen LogP contribution in [0.2, 0.25) is 5.02 Å². The van der Waals surface area contributed by atoms with Crippen molar-refractivity contribution in [3.8, 4) is 11.4 Å². The summed E-state index contributed by atoms with van der Waals surface area (Å²) in [6.07, 6.45) is 0. The van der Waals surface area contributed by atoms with Gasteiger partial charge in [0.1, 0.15) is 6.61 Å². The molecule has 3 rings (SSSR count). The number of nitrogens with zero attached hydrogens (tertiary/aromatic N) is 3. The first kappa shape index (κ1) is 17.1. The Morgan fingerprint density at radius 2 is 1.88 bits per heavy atom. The minimum absolute atomic E-state index is 0.0762. The van der Waals surface area contributed by atoms with E-state index in [4.69, 9.17) is 16.3 Å². The van der Waals surface area contributed by atoms with Crippen molar-refractivity contribution >= 4 is 23.5 Å². The fourth-order valence-electron chi connectivity index (χ4n) is 2.28. The van der Waals surface area contributed by atoms with E-state index in [-0.39, 0.29) is 12.5 Å². The van der Waals surface area contributed by atoms with Crippen LogP contribution in [0, 0.1) is 0 Å². The zero-order valence-electron chi connectivity index (χ0n) is 13.6. The highest BCUT2D eigenvalue weighted by Gasteiger charge is 2.16. The second kappa shape index (κ2) is 7.92. The van der Waals surface area contributed by atoms with Crippen LogP contribution in [0.3, 0.4) is 0 Å². The van der Waals surface area contributed by atoms with Crippen LogP contribution >= 0.6 is 11.6 Å². The number of hydrogen-bond donors (Lipinski definition) is 1. The summed E-state index contributed by atoms with van der Waals surface area (Å²) in [6, 6.07) is 16.9. The Morgan fingerprint density at radius 1 is 1.16 bits per heavy atom. The highest BCUT2D eigenvalue weighted by atomic mass is 35.5. The van der Waals surface area contributed by atoms with Crippen LogP contribution in [0.15, 0.2) is 54.6 Å². The molecule has 1 aromatic heterocycles. The first-order valence-corrected chi connectivity index (χ1v) is 8.08. The molecule has 0 aliphatic heterocycles. The van der Waals surface area contributed by atoms with Crippen molar-refractivity contribution in [3.63, 3.8) is 0 Å². The molecular formula is C18H17ClN4O2. The molecule has 3 aromatic rings. The van der Waals surface area contributed by atoms with E-state index in [0.717, 1.165) is 11.1 Å². The summed E-state index contributed by atoms with van der Waals surface area (Å²) in [5.41, 5.74) is 1.85. The Labute approximate surface area is 150 Å². The fraction of sp³-hybridized carbons (Fsp3) is 0.167. The fourth-order valence-corrected chi connectivity index (χ4v) is 2.40. The minimum Gasteiger partial charge on any atom is -0.375 e. The Morgan fingerprint density at radius 3 is 2.56 bits per heavy atom. The number of methoxy groups -OCH3 is 1. The molecule has 2 aromatic carbocycles. The predicted octanol–water partition coefficient (Wildman–Crippen LogP) is 3.50. The molecule has 0 atom stereocenters. The quantitative estimate of drug-likeness (QED) is 0.732. The Hall–Kier alpha value is -2.70. The number of hydrogen-bond acceptors (Lipinski definition) is 5. The molecule has 6 nitrogen and oxygen atoms in total. The average Bonchev–Trinajstić information content (AvgIpc) is 3.07. The second-order valence-corrected chi connectivity index (χ2v) is 5.78. The molecular weight excluding hydrogens is 340 g/mol. The lowest BCUT2D eigenvalue weighted by Gasteiger charge is -2.07. The molecule has 25 heavy (non-hydrogen) atoms. The molecule has 0 spiro atoms.